The molecule has 4 rings (SSSR count). The molecule has 33 heavy (non-hydrogen) atoms. The van der Waals surface area contributed by atoms with Crippen LogP contribution in [0.15, 0.2) is 82.1 Å². The number of nitrogens with zero attached hydrogens (tertiary/aromatic N) is 1. The molecule has 168 valence electrons. The molecule has 1 heterocycles. The number of methoxy groups -OCH3 is 2. The fraction of sp³-hybridized carbons (Fsp3) is 0.154. The topological polar surface area (TPSA) is 73.6 Å². The van der Waals surface area contributed by atoms with E-state index in [2.05, 4.69) is 22.4 Å². The molecule has 1 N–H and O–H groups in total. The third-order valence-electron chi connectivity index (χ3n) is 5.01. The Balaban J connectivity index is 1.44. The van der Waals surface area contributed by atoms with Crippen LogP contribution in [0.1, 0.15) is 21.8 Å². The average Bonchev–Trinajstić information content (AvgIpc) is 3.23. The van der Waals surface area contributed by atoms with E-state index in [9.17, 15) is 4.79 Å². The molecule has 0 radical (unpaired) electrons. The van der Waals surface area contributed by atoms with Crippen LogP contribution in [0.2, 0.25) is 0 Å². The first kappa shape index (κ1) is 22.5. The lowest BCUT2D eigenvalue weighted by atomic mass is 10.1. The molecule has 0 atom stereocenters. The van der Waals surface area contributed by atoms with Crippen molar-refractivity contribution in [3.8, 4) is 23.0 Å². The minimum absolute atomic E-state index is 0.236. The Kier molecular flexibility index (Phi) is 7.00. The number of aromatic nitrogens is 1. The van der Waals surface area contributed by atoms with Crippen molar-refractivity contribution in [2.75, 3.05) is 19.5 Å². The number of amides is 1. The minimum atomic E-state index is -0.236. The predicted molar refractivity (Wildman–Crippen MR) is 130 cm³/mol. The van der Waals surface area contributed by atoms with Gasteiger partial charge in [-0.2, -0.15) is 0 Å². The van der Waals surface area contributed by atoms with Crippen molar-refractivity contribution < 1.29 is 18.7 Å². The highest BCUT2D eigenvalue weighted by Gasteiger charge is 2.14. The molecule has 0 aliphatic carbocycles. The summed E-state index contributed by atoms with van der Waals surface area (Å²) in [4.78, 5) is 18.6. The van der Waals surface area contributed by atoms with E-state index in [0.717, 1.165) is 22.8 Å². The molecule has 1 amide bonds. The first-order valence-electron chi connectivity index (χ1n) is 10.3. The van der Waals surface area contributed by atoms with E-state index in [4.69, 9.17) is 13.9 Å². The number of aryl methyl sites for hydroxylation is 1. The van der Waals surface area contributed by atoms with Crippen LogP contribution in [-0.2, 0) is 5.75 Å². The van der Waals surface area contributed by atoms with Gasteiger partial charge in [0.15, 0.2) is 0 Å². The lowest BCUT2D eigenvalue weighted by Crippen LogP contribution is -2.11. The quantitative estimate of drug-likeness (QED) is 0.315. The summed E-state index contributed by atoms with van der Waals surface area (Å²) in [5, 5.41) is 2.87. The summed E-state index contributed by atoms with van der Waals surface area (Å²) in [5.41, 5.74) is 2.83. The highest BCUT2D eigenvalue weighted by atomic mass is 32.2. The summed E-state index contributed by atoms with van der Waals surface area (Å²) >= 11 is 1.72. The molecule has 0 unspecified atom stereocenters. The highest BCUT2D eigenvalue weighted by molar-refractivity contribution is 7.98. The van der Waals surface area contributed by atoms with Crippen molar-refractivity contribution >= 4 is 23.4 Å². The molecule has 0 aliphatic heterocycles. The lowest BCUT2D eigenvalue weighted by molar-refractivity contribution is 0.102. The van der Waals surface area contributed by atoms with Gasteiger partial charge in [-0.25, -0.2) is 4.98 Å². The van der Waals surface area contributed by atoms with E-state index in [1.165, 1.54) is 4.90 Å². The molecule has 0 bridgehead atoms. The Morgan fingerprint density at radius 3 is 2.27 bits per heavy atom. The third-order valence-corrected chi connectivity index (χ3v) is 6.04. The van der Waals surface area contributed by atoms with E-state index in [-0.39, 0.29) is 5.91 Å². The zero-order valence-corrected chi connectivity index (χ0v) is 19.4. The maximum Gasteiger partial charge on any atom is 0.255 e. The number of carbonyl (C=O) groups excluding carboxylic acids is 1. The Hall–Kier alpha value is -3.71. The van der Waals surface area contributed by atoms with Gasteiger partial charge in [-0.3, -0.25) is 4.79 Å². The van der Waals surface area contributed by atoms with Crippen LogP contribution in [0.4, 0.5) is 5.69 Å². The third kappa shape index (κ3) is 5.56. The zero-order valence-electron chi connectivity index (χ0n) is 18.6. The first-order valence-corrected chi connectivity index (χ1v) is 11.3. The summed E-state index contributed by atoms with van der Waals surface area (Å²) < 4.78 is 16.4. The molecule has 0 spiro atoms. The number of hydrogen-bond donors (Lipinski definition) is 1. The molecule has 0 fully saturated rings. The second kappa shape index (κ2) is 10.3. The van der Waals surface area contributed by atoms with Crippen LogP contribution >= 0.6 is 11.8 Å². The maximum atomic E-state index is 12.7. The summed E-state index contributed by atoms with van der Waals surface area (Å²) in [6.45, 7) is 1.92. The molecular weight excluding hydrogens is 436 g/mol. The average molecular weight is 461 g/mol. The normalized spacial score (nSPS) is 10.6. The van der Waals surface area contributed by atoms with Gasteiger partial charge in [-0.15, -0.1) is 11.8 Å². The van der Waals surface area contributed by atoms with Crippen LogP contribution in [0.25, 0.3) is 11.5 Å². The summed E-state index contributed by atoms with van der Waals surface area (Å²) in [7, 11) is 3.13. The van der Waals surface area contributed by atoms with Crippen LogP contribution < -0.4 is 14.8 Å². The Bertz CT molecular complexity index is 1210. The molecule has 0 saturated heterocycles. The molecule has 4 aromatic rings. The Labute approximate surface area is 197 Å². The van der Waals surface area contributed by atoms with Crippen LogP contribution in [0.5, 0.6) is 11.5 Å². The van der Waals surface area contributed by atoms with Gasteiger partial charge in [-0.05, 0) is 43.3 Å². The fourth-order valence-corrected chi connectivity index (χ4v) is 4.12. The number of benzene rings is 3. The van der Waals surface area contributed by atoms with Crippen LogP contribution in [0, 0.1) is 6.92 Å². The number of nitrogens with one attached hydrogen (secondary N) is 1. The predicted octanol–water partition coefficient (Wildman–Crippen LogP) is 6.21. The van der Waals surface area contributed by atoms with Crippen molar-refractivity contribution in [3.05, 3.63) is 89.8 Å². The first-order chi connectivity index (χ1) is 16.1. The molecule has 7 heteroatoms. The van der Waals surface area contributed by atoms with Crippen molar-refractivity contribution in [3.63, 3.8) is 0 Å². The van der Waals surface area contributed by atoms with E-state index >= 15 is 0 Å². The molecule has 1 aromatic heterocycles. The number of ether oxygens (including phenoxy) is 2. The van der Waals surface area contributed by atoms with Crippen molar-refractivity contribution in [1.82, 2.24) is 4.98 Å². The van der Waals surface area contributed by atoms with Gasteiger partial charge in [0.2, 0.25) is 5.89 Å². The number of thioether (sulfide) groups is 1. The fourth-order valence-electron chi connectivity index (χ4n) is 3.20. The standard InChI is InChI=1S/C26H24N2O4S/c1-17-24(16-33-23-7-5-4-6-8-23)28-26(32-17)19-11-9-18(10-12-19)25(29)27-20-13-21(30-2)15-22(14-20)31-3/h4-15H,16H2,1-3H3,(H,27,29). The van der Waals surface area contributed by atoms with E-state index < -0.39 is 0 Å². The zero-order chi connectivity index (χ0) is 23.2. The number of carbonyl (C=O) groups is 1. The molecule has 6 nitrogen and oxygen atoms in total. The molecule has 0 aliphatic rings. The van der Waals surface area contributed by atoms with Gasteiger partial charge in [0.1, 0.15) is 17.3 Å². The van der Waals surface area contributed by atoms with Crippen LogP contribution in [-0.4, -0.2) is 25.1 Å². The van der Waals surface area contributed by atoms with Gasteiger partial charge in [0.25, 0.3) is 5.91 Å². The van der Waals surface area contributed by atoms with Gasteiger partial charge >= 0.3 is 0 Å². The summed E-state index contributed by atoms with van der Waals surface area (Å²) in [6.07, 6.45) is 0. The number of anilines is 1. The highest BCUT2D eigenvalue weighted by Crippen LogP contribution is 2.29. The van der Waals surface area contributed by atoms with Gasteiger partial charge < -0.3 is 19.2 Å². The summed E-state index contributed by atoms with van der Waals surface area (Å²) in [6, 6.07) is 22.6. The van der Waals surface area contributed by atoms with E-state index in [1.807, 2.05) is 37.3 Å². The van der Waals surface area contributed by atoms with E-state index in [1.54, 1.807) is 56.3 Å². The second-order valence-electron chi connectivity index (χ2n) is 7.26. The maximum absolute atomic E-state index is 12.7. The van der Waals surface area contributed by atoms with Gasteiger partial charge in [-0.1, -0.05) is 18.2 Å². The molecule has 0 saturated carbocycles. The van der Waals surface area contributed by atoms with Crippen molar-refractivity contribution in [2.45, 2.75) is 17.6 Å². The molecule has 3 aromatic carbocycles. The molecular formula is C26H24N2O4S. The van der Waals surface area contributed by atoms with E-state index in [0.29, 0.717) is 28.6 Å². The van der Waals surface area contributed by atoms with Crippen molar-refractivity contribution in [1.29, 1.82) is 0 Å². The Morgan fingerprint density at radius 2 is 1.64 bits per heavy atom. The van der Waals surface area contributed by atoms with Crippen LogP contribution in [0.3, 0.4) is 0 Å². The van der Waals surface area contributed by atoms with Crippen molar-refractivity contribution in [2.24, 2.45) is 0 Å². The Morgan fingerprint density at radius 1 is 0.970 bits per heavy atom. The van der Waals surface area contributed by atoms with Gasteiger partial charge in [0, 0.05) is 45.7 Å². The number of oxazole rings is 1. The smallest absolute Gasteiger partial charge is 0.255 e. The van der Waals surface area contributed by atoms with Gasteiger partial charge in [0.05, 0.1) is 19.9 Å². The number of rotatable bonds is 8. The monoisotopic (exact) mass is 460 g/mol. The largest absolute Gasteiger partial charge is 0.497 e. The second-order valence-corrected chi connectivity index (χ2v) is 8.31. The summed E-state index contributed by atoms with van der Waals surface area (Å²) in [5.74, 6) is 3.02. The number of hydrogen-bond acceptors (Lipinski definition) is 6. The minimum Gasteiger partial charge on any atom is -0.497 e. The SMILES string of the molecule is COc1cc(NC(=O)c2ccc(-c3nc(CSc4ccccc4)c(C)o3)cc2)cc(OC)c1. The lowest BCUT2D eigenvalue weighted by Gasteiger charge is -2.10.